The Morgan fingerprint density at radius 3 is 2.89 bits per heavy atom. The fourth-order valence-electron chi connectivity index (χ4n) is 2.02. The Morgan fingerprint density at radius 1 is 1.61 bits per heavy atom. The minimum atomic E-state index is -3.22. The summed E-state index contributed by atoms with van der Waals surface area (Å²) in [5.74, 6) is -0.806. The highest BCUT2D eigenvalue weighted by molar-refractivity contribution is 7.89. The lowest BCUT2D eigenvalue weighted by Crippen LogP contribution is -2.25. The molecule has 1 fully saturated rings. The van der Waals surface area contributed by atoms with E-state index in [9.17, 15) is 13.2 Å². The van der Waals surface area contributed by atoms with Crippen LogP contribution in [0, 0.1) is 5.92 Å². The van der Waals surface area contributed by atoms with Crippen LogP contribution in [-0.2, 0) is 16.6 Å². The van der Waals surface area contributed by atoms with Crippen molar-refractivity contribution >= 4 is 16.0 Å². The van der Waals surface area contributed by atoms with Crippen LogP contribution in [0.5, 0.6) is 0 Å². The van der Waals surface area contributed by atoms with Gasteiger partial charge < -0.3 is 5.11 Å². The number of carboxylic acid groups (broad SMARTS) is 1. The highest BCUT2D eigenvalue weighted by Gasteiger charge is 2.33. The van der Waals surface area contributed by atoms with Crippen molar-refractivity contribution in [3.05, 3.63) is 29.6 Å². The summed E-state index contributed by atoms with van der Waals surface area (Å²) in [5.41, 5.74) is 0.567. The normalized spacial score (nSPS) is 23.1. The lowest BCUT2D eigenvalue weighted by atomic mass is 10.2. The molecule has 6 nitrogen and oxygen atoms in total. The second kappa shape index (κ2) is 4.66. The minimum Gasteiger partial charge on any atom is -0.478 e. The number of nitrogens with zero attached hydrogens (tertiary/aromatic N) is 2. The number of aromatic nitrogens is 1. The summed E-state index contributed by atoms with van der Waals surface area (Å²) in [6.07, 6.45) is 1.38. The predicted molar refractivity (Wildman–Crippen MR) is 64.6 cm³/mol. The maximum Gasteiger partial charge on any atom is 0.335 e. The molecule has 0 radical (unpaired) electrons. The van der Waals surface area contributed by atoms with Gasteiger partial charge in [-0.2, -0.15) is 4.31 Å². The van der Waals surface area contributed by atoms with Crippen LogP contribution >= 0.6 is 0 Å². The van der Waals surface area contributed by atoms with E-state index in [-0.39, 0.29) is 23.8 Å². The van der Waals surface area contributed by atoms with Crippen molar-refractivity contribution < 1.29 is 18.3 Å². The van der Waals surface area contributed by atoms with Gasteiger partial charge in [-0.05, 0) is 18.1 Å². The largest absolute Gasteiger partial charge is 0.478 e. The maximum absolute atomic E-state index is 11.8. The number of aromatic carboxylic acids is 1. The van der Waals surface area contributed by atoms with Crippen molar-refractivity contribution in [2.75, 3.05) is 12.3 Å². The Labute approximate surface area is 105 Å². The first kappa shape index (κ1) is 13.0. The standard InChI is InChI=1S/C11H14N2O4S/c1-8-5-13(18(16,17)7-8)6-10-4-9(11(14)15)2-3-12-10/h2-4,8H,5-7H2,1H3,(H,14,15). The van der Waals surface area contributed by atoms with E-state index in [1.807, 2.05) is 6.92 Å². The van der Waals surface area contributed by atoms with Crippen LogP contribution in [0.1, 0.15) is 23.0 Å². The van der Waals surface area contributed by atoms with Gasteiger partial charge >= 0.3 is 5.97 Å². The van der Waals surface area contributed by atoms with Gasteiger partial charge in [0, 0.05) is 12.7 Å². The van der Waals surface area contributed by atoms with Gasteiger partial charge in [-0.3, -0.25) is 4.98 Å². The van der Waals surface area contributed by atoms with Gasteiger partial charge in [0.15, 0.2) is 0 Å². The van der Waals surface area contributed by atoms with Crippen LogP contribution in [0.15, 0.2) is 18.3 Å². The van der Waals surface area contributed by atoms with Crippen LogP contribution in [0.4, 0.5) is 0 Å². The van der Waals surface area contributed by atoms with Crippen molar-refractivity contribution in [2.24, 2.45) is 5.92 Å². The third-order valence-corrected chi connectivity index (χ3v) is 4.86. The lowest BCUT2D eigenvalue weighted by molar-refractivity contribution is 0.0696. The first-order valence-corrected chi connectivity index (χ1v) is 7.15. The Bertz CT molecular complexity index is 570. The predicted octanol–water partition coefficient (Wildman–Crippen LogP) is 0.561. The van der Waals surface area contributed by atoms with Crippen molar-refractivity contribution in [3.63, 3.8) is 0 Å². The first-order valence-electron chi connectivity index (χ1n) is 5.54. The Morgan fingerprint density at radius 2 is 2.33 bits per heavy atom. The fourth-order valence-corrected chi connectivity index (χ4v) is 3.87. The molecular weight excluding hydrogens is 256 g/mol. The van der Waals surface area contributed by atoms with Crippen molar-refractivity contribution in [1.29, 1.82) is 0 Å². The number of pyridine rings is 1. The van der Waals surface area contributed by atoms with Crippen LogP contribution in [-0.4, -0.2) is 41.1 Å². The molecule has 1 atom stereocenters. The zero-order chi connectivity index (χ0) is 13.3. The summed E-state index contributed by atoms with van der Waals surface area (Å²) >= 11 is 0. The molecule has 0 aliphatic carbocycles. The number of rotatable bonds is 3. The number of hydrogen-bond donors (Lipinski definition) is 1. The number of carbonyl (C=O) groups is 1. The molecule has 2 heterocycles. The molecule has 1 aromatic heterocycles. The molecular formula is C11H14N2O4S. The molecule has 1 unspecified atom stereocenters. The highest BCUT2D eigenvalue weighted by atomic mass is 32.2. The van der Waals surface area contributed by atoms with E-state index in [1.54, 1.807) is 0 Å². The summed E-state index contributed by atoms with van der Waals surface area (Å²) < 4.78 is 24.9. The van der Waals surface area contributed by atoms with Gasteiger partial charge in [0.2, 0.25) is 10.0 Å². The molecule has 0 saturated carbocycles. The van der Waals surface area contributed by atoms with E-state index in [0.717, 1.165) is 0 Å². The first-order chi connectivity index (χ1) is 8.38. The third-order valence-electron chi connectivity index (χ3n) is 2.81. The van der Waals surface area contributed by atoms with E-state index in [4.69, 9.17) is 5.11 Å². The minimum absolute atomic E-state index is 0.0951. The second-order valence-electron chi connectivity index (χ2n) is 4.52. The van der Waals surface area contributed by atoms with Gasteiger partial charge in [0.05, 0.1) is 23.6 Å². The Balaban J connectivity index is 2.20. The van der Waals surface area contributed by atoms with Gasteiger partial charge in [0.25, 0.3) is 0 Å². The van der Waals surface area contributed by atoms with Gasteiger partial charge in [-0.15, -0.1) is 0 Å². The molecule has 98 valence electrons. The van der Waals surface area contributed by atoms with E-state index in [2.05, 4.69) is 4.98 Å². The summed E-state index contributed by atoms with van der Waals surface area (Å²) in [6, 6.07) is 2.79. The molecule has 0 aromatic carbocycles. The molecule has 1 aliphatic rings. The molecule has 7 heteroatoms. The molecule has 0 bridgehead atoms. The van der Waals surface area contributed by atoms with E-state index < -0.39 is 16.0 Å². The molecule has 1 aliphatic heterocycles. The molecule has 18 heavy (non-hydrogen) atoms. The smallest absolute Gasteiger partial charge is 0.335 e. The lowest BCUT2D eigenvalue weighted by Gasteiger charge is -2.13. The van der Waals surface area contributed by atoms with Crippen LogP contribution in [0.3, 0.4) is 0 Å². The van der Waals surface area contributed by atoms with Gasteiger partial charge in [0.1, 0.15) is 0 Å². The zero-order valence-electron chi connectivity index (χ0n) is 9.91. The molecule has 1 N–H and O–H groups in total. The van der Waals surface area contributed by atoms with E-state index in [0.29, 0.717) is 12.2 Å². The topological polar surface area (TPSA) is 87.6 Å². The summed E-state index contributed by atoms with van der Waals surface area (Å²) in [6.45, 7) is 2.47. The van der Waals surface area contributed by atoms with Gasteiger partial charge in [-0.1, -0.05) is 6.92 Å². The Kier molecular flexibility index (Phi) is 3.36. The van der Waals surface area contributed by atoms with Gasteiger partial charge in [-0.25, -0.2) is 13.2 Å². The van der Waals surface area contributed by atoms with Crippen molar-refractivity contribution in [1.82, 2.24) is 9.29 Å². The van der Waals surface area contributed by atoms with Crippen molar-refractivity contribution in [3.8, 4) is 0 Å². The van der Waals surface area contributed by atoms with Crippen LogP contribution in [0.25, 0.3) is 0 Å². The summed E-state index contributed by atoms with van der Waals surface area (Å²) in [4.78, 5) is 14.8. The van der Waals surface area contributed by atoms with E-state index >= 15 is 0 Å². The van der Waals surface area contributed by atoms with Crippen molar-refractivity contribution in [2.45, 2.75) is 13.5 Å². The molecule has 1 aromatic rings. The quantitative estimate of drug-likeness (QED) is 0.867. The fraction of sp³-hybridized carbons (Fsp3) is 0.455. The monoisotopic (exact) mass is 270 g/mol. The Hall–Kier alpha value is -1.47. The zero-order valence-corrected chi connectivity index (χ0v) is 10.7. The average Bonchev–Trinajstić information content (AvgIpc) is 2.52. The molecule has 0 amide bonds. The molecule has 0 spiro atoms. The van der Waals surface area contributed by atoms with E-state index in [1.165, 1.54) is 22.6 Å². The number of sulfonamides is 1. The second-order valence-corrected chi connectivity index (χ2v) is 6.53. The highest BCUT2D eigenvalue weighted by Crippen LogP contribution is 2.21. The third kappa shape index (κ3) is 2.68. The van der Waals surface area contributed by atoms with Crippen LogP contribution in [0.2, 0.25) is 0 Å². The average molecular weight is 270 g/mol. The number of hydrogen-bond acceptors (Lipinski definition) is 4. The SMILES string of the molecule is CC1CN(Cc2cc(C(=O)O)ccn2)S(=O)(=O)C1. The number of carboxylic acids is 1. The maximum atomic E-state index is 11.8. The molecule has 2 rings (SSSR count). The van der Waals surface area contributed by atoms with Crippen LogP contribution < -0.4 is 0 Å². The summed E-state index contributed by atoms with van der Waals surface area (Å²) in [5, 5.41) is 8.86. The summed E-state index contributed by atoms with van der Waals surface area (Å²) in [7, 11) is -3.22. The molecule has 1 saturated heterocycles.